The average molecular weight is 678 g/mol. The fourth-order valence-corrected chi connectivity index (χ4v) is 5.98. The quantitative estimate of drug-likeness (QED) is 0.0345. The largest absolute Gasteiger partial charge is 0.466 e. The van der Waals surface area contributed by atoms with E-state index in [1.165, 1.54) is 122 Å². The lowest BCUT2D eigenvalue weighted by Crippen LogP contribution is -2.45. The summed E-state index contributed by atoms with van der Waals surface area (Å²) in [6.45, 7) is 4.77. The second-order valence-corrected chi connectivity index (χ2v) is 14.0. The van der Waals surface area contributed by atoms with Crippen molar-refractivity contribution in [1.29, 1.82) is 0 Å². The summed E-state index contributed by atoms with van der Waals surface area (Å²) in [6, 6.07) is -0.645. The Morgan fingerprint density at radius 3 is 1.52 bits per heavy atom. The molecule has 48 heavy (non-hydrogen) atoms. The van der Waals surface area contributed by atoms with Crippen LogP contribution in [0.15, 0.2) is 24.3 Å². The van der Waals surface area contributed by atoms with Gasteiger partial charge >= 0.3 is 5.97 Å². The SMILES string of the molecule is CCCCC/C=C\CCCCCCCC(=O)OCCCCCCCCCCCC(=O)NC(CO)C(O)/C=C/CCCCCCCCCC. The Labute approximate surface area is 297 Å². The van der Waals surface area contributed by atoms with E-state index in [2.05, 4.69) is 31.3 Å². The van der Waals surface area contributed by atoms with Crippen LogP contribution in [0.2, 0.25) is 0 Å². The summed E-state index contributed by atoms with van der Waals surface area (Å²) in [5, 5.41) is 22.8. The molecule has 3 N–H and O–H groups in total. The number of rotatable bonds is 37. The minimum atomic E-state index is -0.859. The maximum absolute atomic E-state index is 12.3. The van der Waals surface area contributed by atoms with Crippen LogP contribution in [0.5, 0.6) is 0 Å². The van der Waals surface area contributed by atoms with Gasteiger partial charge in [0.25, 0.3) is 0 Å². The molecule has 0 aliphatic carbocycles. The van der Waals surface area contributed by atoms with E-state index in [0.717, 1.165) is 57.8 Å². The number of aliphatic hydroxyl groups is 2. The van der Waals surface area contributed by atoms with Crippen LogP contribution < -0.4 is 5.32 Å². The smallest absolute Gasteiger partial charge is 0.305 e. The maximum atomic E-state index is 12.3. The molecule has 0 rings (SSSR count). The van der Waals surface area contributed by atoms with Gasteiger partial charge in [0.15, 0.2) is 0 Å². The number of carbonyl (C=O) groups is 2. The Balaban J connectivity index is 3.55. The molecule has 6 heteroatoms. The molecular weight excluding hydrogens is 598 g/mol. The molecule has 0 bridgehead atoms. The topological polar surface area (TPSA) is 95.9 Å². The van der Waals surface area contributed by atoms with Gasteiger partial charge in [0.05, 0.1) is 25.4 Å². The molecule has 0 aliphatic heterocycles. The summed E-state index contributed by atoms with van der Waals surface area (Å²) < 4.78 is 5.41. The van der Waals surface area contributed by atoms with Gasteiger partial charge in [-0.15, -0.1) is 0 Å². The normalized spacial score (nSPS) is 13.0. The lowest BCUT2D eigenvalue weighted by Gasteiger charge is -2.20. The van der Waals surface area contributed by atoms with E-state index in [9.17, 15) is 19.8 Å². The fourth-order valence-electron chi connectivity index (χ4n) is 5.98. The van der Waals surface area contributed by atoms with Gasteiger partial charge in [-0.3, -0.25) is 9.59 Å². The van der Waals surface area contributed by atoms with E-state index in [-0.39, 0.29) is 18.5 Å². The molecule has 0 saturated heterocycles. The van der Waals surface area contributed by atoms with Crippen molar-refractivity contribution in [3.63, 3.8) is 0 Å². The number of esters is 1. The minimum absolute atomic E-state index is 0.0389. The van der Waals surface area contributed by atoms with Gasteiger partial charge in [-0.2, -0.15) is 0 Å². The van der Waals surface area contributed by atoms with Crippen molar-refractivity contribution in [1.82, 2.24) is 5.32 Å². The average Bonchev–Trinajstić information content (AvgIpc) is 3.08. The summed E-state index contributed by atoms with van der Waals surface area (Å²) in [6.07, 6.45) is 41.5. The number of nitrogens with one attached hydrogen (secondary N) is 1. The number of carbonyl (C=O) groups excluding carboxylic acids is 2. The van der Waals surface area contributed by atoms with E-state index < -0.39 is 12.1 Å². The number of amides is 1. The van der Waals surface area contributed by atoms with Crippen LogP contribution in [0.4, 0.5) is 0 Å². The second-order valence-electron chi connectivity index (χ2n) is 14.0. The van der Waals surface area contributed by atoms with Crippen LogP contribution in [-0.4, -0.2) is 47.4 Å². The Bertz CT molecular complexity index is 752. The van der Waals surface area contributed by atoms with Gasteiger partial charge in [0.2, 0.25) is 5.91 Å². The molecule has 0 aromatic heterocycles. The first kappa shape index (κ1) is 46.3. The Morgan fingerprint density at radius 2 is 0.979 bits per heavy atom. The predicted molar refractivity (Wildman–Crippen MR) is 204 cm³/mol. The van der Waals surface area contributed by atoms with Crippen molar-refractivity contribution in [2.75, 3.05) is 13.2 Å². The van der Waals surface area contributed by atoms with Crippen molar-refractivity contribution in [3.8, 4) is 0 Å². The summed E-state index contributed by atoms with van der Waals surface area (Å²) >= 11 is 0. The van der Waals surface area contributed by atoms with Crippen LogP contribution in [-0.2, 0) is 14.3 Å². The van der Waals surface area contributed by atoms with Crippen LogP contribution in [0, 0.1) is 0 Å². The fraction of sp³-hybridized carbons (Fsp3) is 0.857. The van der Waals surface area contributed by atoms with Gasteiger partial charge < -0.3 is 20.3 Å². The van der Waals surface area contributed by atoms with Crippen molar-refractivity contribution in [2.45, 2.75) is 219 Å². The molecule has 1 amide bonds. The summed E-state index contributed by atoms with van der Waals surface area (Å²) in [7, 11) is 0. The molecular formula is C42H79NO5. The van der Waals surface area contributed by atoms with Gasteiger partial charge in [0.1, 0.15) is 0 Å². The molecule has 0 saturated carbocycles. The first-order valence-corrected chi connectivity index (χ1v) is 20.6. The molecule has 0 radical (unpaired) electrons. The molecule has 0 aromatic carbocycles. The van der Waals surface area contributed by atoms with E-state index in [1.807, 2.05) is 6.08 Å². The molecule has 0 spiro atoms. The number of unbranched alkanes of at least 4 members (excludes halogenated alkanes) is 24. The van der Waals surface area contributed by atoms with Crippen molar-refractivity contribution >= 4 is 11.9 Å². The maximum Gasteiger partial charge on any atom is 0.305 e. The third kappa shape index (κ3) is 34.2. The Hall–Kier alpha value is -1.66. The molecule has 0 fully saturated rings. The van der Waals surface area contributed by atoms with Crippen LogP contribution in [0.3, 0.4) is 0 Å². The standard InChI is InChI=1S/C42H79NO5/c1-3-5-7-9-11-13-15-16-20-24-28-32-36-42(47)48-37-33-29-25-21-17-19-23-27-31-35-41(46)43-39(38-44)40(45)34-30-26-22-18-14-12-10-8-6-4-2/h11,13,30,34,39-40,44-45H,3-10,12,14-29,31-33,35-38H2,1-2H3,(H,43,46)/b13-11-,34-30+. The van der Waals surface area contributed by atoms with Crippen LogP contribution >= 0.6 is 0 Å². The van der Waals surface area contributed by atoms with Crippen LogP contribution in [0.25, 0.3) is 0 Å². The monoisotopic (exact) mass is 678 g/mol. The van der Waals surface area contributed by atoms with Crippen molar-refractivity contribution in [3.05, 3.63) is 24.3 Å². The van der Waals surface area contributed by atoms with Gasteiger partial charge in [-0.25, -0.2) is 0 Å². The number of hydrogen-bond acceptors (Lipinski definition) is 5. The van der Waals surface area contributed by atoms with Gasteiger partial charge in [-0.05, 0) is 57.8 Å². The predicted octanol–water partition coefficient (Wildman–Crippen LogP) is 11.2. The zero-order chi connectivity index (χ0) is 35.2. The Morgan fingerprint density at radius 1 is 0.562 bits per heavy atom. The molecule has 0 aliphatic rings. The molecule has 0 aromatic rings. The highest BCUT2D eigenvalue weighted by molar-refractivity contribution is 5.76. The molecule has 282 valence electrons. The highest BCUT2D eigenvalue weighted by atomic mass is 16.5. The van der Waals surface area contributed by atoms with Gasteiger partial charge in [0, 0.05) is 12.8 Å². The third-order valence-electron chi connectivity index (χ3n) is 9.22. The zero-order valence-electron chi connectivity index (χ0n) is 31.7. The lowest BCUT2D eigenvalue weighted by atomic mass is 10.1. The first-order valence-electron chi connectivity index (χ1n) is 20.6. The summed E-state index contributed by atoms with van der Waals surface area (Å²) in [4.78, 5) is 24.3. The molecule has 2 unspecified atom stereocenters. The van der Waals surface area contributed by atoms with E-state index in [1.54, 1.807) is 6.08 Å². The second kappa shape index (κ2) is 38.1. The van der Waals surface area contributed by atoms with E-state index >= 15 is 0 Å². The molecule has 6 nitrogen and oxygen atoms in total. The highest BCUT2D eigenvalue weighted by Gasteiger charge is 2.18. The number of aliphatic hydroxyl groups excluding tert-OH is 2. The van der Waals surface area contributed by atoms with E-state index in [0.29, 0.717) is 19.4 Å². The number of allylic oxidation sites excluding steroid dienone is 3. The number of ether oxygens (including phenoxy) is 1. The number of hydrogen-bond donors (Lipinski definition) is 3. The van der Waals surface area contributed by atoms with Crippen LogP contribution in [0.1, 0.15) is 206 Å². The highest BCUT2D eigenvalue weighted by Crippen LogP contribution is 2.13. The molecule has 0 heterocycles. The summed E-state index contributed by atoms with van der Waals surface area (Å²) in [5.74, 6) is -0.139. The third-order valence-corrected chi connectivity index (χ3v) is 9.22. The molecule has 2 atom stereocenters. The minimum Gasteiger partial charge on any atom is -0.466 e. The van der Waals surface area contributed by atoms with Crippen molar-refractivity contribution < 1.29 is 24.5 Å². The summed E-state index contributed by atoms with van der Waals surface area (Å²) in [5.41, 5.74) is 0. The van der Waals surface area contributed by atoms with E-state index in [4.69, 9.17) is 4.74 Å². The Kier molecular flexibility index (Phi) is 36.8. The van der Waals surface area contributed by atoms with Gasteiger partial charge in [-0.1, -0.05) is 160 Å². The lowest BCUT2D eigenvalue weighted by molar-refractivity contribution is -0.143. The first-order chi connectivity index (χ1) is 23.5. The zero-order valence-corrected chi connectivity index (χ0v) is 31.7. The van der Waals surface area contributed by atoms with Crippen molar-refractivity contribution in [2.24, 2.45) is 0 Å².